The highest BCUT2D eigenvalue weighted by Gasteiger charge is 2.32. The molecule has 2 atom stereocenters. The maximum absolute atomic E-state index is 3.53. The Hall–Kier alpha value is -0.420. The normalized spacial score (nSPS) is 25.9. The van der Waals surface area contributed by atoms with Gasteiger partial charge in [0.15, 0.2) is 0 Å². The van der Waals surface area contributed by atoms with Crippen molar-refractivity contribution in [2.45, 2.75) is 51.6 Å². The molecular formula is C17H28BrN3. The molecule has 0 aromatic heterocycles. The summed E-state index contributed by atoms with van der Waals surface area (Å²) >= 11 is 3.53. The lowest BCUT2D eigenvalue weighted by Gasteiger charge is -2.27. The van der Waals surface area contributed by atoms with Crippen LogP contribution < -0.4 is 16.0 Å². The van der Waals surface area contributed by atoms with Gasteiger partial charge in [-0.15, -0.1) is 0 Å². The van der Waals surface area contributed by atoms with E-state index >= 15 is 0 Å². The van der Waals surface area contributed by atoms with Gasteiger partial charge in [0.2, 0.25) is 0 Å². The van der Waals surface area contributed by atoms with Crippen LogP contribution in [-0.4, -0.2) is 25.8 Å². The molecular weight excluding hydrogens is 326 g/mol. The highest BCUT2D eigenvalue weighted by atomic mass is 79.9. The van der Waals surface area contributed by atoms with E-state index in [0.29, 0.717) is 12.1 Å². The van der Waals surface area contributed by atoms with E-state index in [9.17, 15) is 0 Å². The van der Waals surface area contributed by atoms with Crippen molar-refractivity contribution < 1.29 is 0 Å². The summed E-state index contributed by atoms with van der Waals surface area (Å²) in [5.74, 6) is 0. The predicted octanol–water partition coefficient (Wildman–Crippen LogP) is 3.35. The van der Waals surface area contributed by atoms with Crippen LogP contribution in [0.15, 0.2) is 22.7 Å². The topological polar surface area (TPSA) is 36.1 Å². The molecule has 1 aliphatic carbocycles. The monoisotopic (exact) mass is 353 g/mol. The van der Waals surface area contributed by atoms with Crippen LogP contribution in [-0.2, 0) is 6.42 Å². The maximum Gasteiger partial charge on any atom is 0.0489 e. The van der Waals surface area contributed by atoms with E-state index in [1.165, 1.54) is 54.4 Å². The zero-order valence-electron chi connectivity index (χ0n) is 13.2. The molecule has 3 aliphatic rings. The molecule has 2 aliphatic heterocycles. The fourth-order valence-electron chi connectivity index (χ4n) is 3.19. The number of rotatable bonds is 0. The fourth-order valence-corrected chi connectivity index (χ4v) is 3.59. The van der Waals surface area contributed by atoms with Crippen molar-refractivity contribution in [3.63, 3.8) is 0 Å². The van der Waals surface area contributed by atoms with E-state index in [-0.39, 0.29) is 0 Å². The van der Waals surface area contributed by atoms with Gasteiger partial charge in [-0.25, -0.2) is 0 Å². The Balaban J connectivity index is 0.000000194. The smallest absolute Gasteiger partial charge is 0.0489 e. The minimum atomic E-state index is 0.534. The molecule has 21 heavy (non-hydrogen) atoms. The van der Waals surface area contributed by atoms with Gasteiger partial charge in [0, 0.05) is 23.2 Å². The Morgan fingerprint density at radius 1 is 1.10 bits per heavy atom. The van der Waals surface area contributed by atoms with Crippen LogP contribution in [0.1, 0.15) is 50.3 Å². The average Bonchev–Trinajstić information content (AvgIpc) is 3.23. The number of hydrogen-bond donors (Lipinski definition) is 3. The quantitative estimate of drug-likeness (QED) is 0.669. The van der Waals surface area contributed by atoms with E-state index in [1.54, 1.807) is 0 Å². The molecule has 2 saturated heterocycles. The molecule has 2 unspecified atom stereocenters. The number of benzene rings is 1. The first-order valence-electron chi connectivity index (χ1n) is 8.30. The lowest BCUT2D eigenvalue weighted by atomic mass is 9.85. The SMILES string of the molecule is Brc1ccc2c(c1)CCC1NCNC21.C1CCNC1.CC. The number of nitrogens with one attached hydrogen (secondary N) is 3. The lowest BCUT2D eigenvalue weighted by molar-refractivity contribution is 0.466. The van der Waals surface area contributed by atoms with Gasteiger partial charge in [-0.1, -0.05) is 35.8 Å². The molecule has 3 N–H and O–H groups in total. The molecule has 0 radical (unpaired) electrons. The van der Waals surface area contributed by atoms with E-state index in [4.69, 9.17) is 0 Å². The Bertz CT molecular complexity index is 424. The third-order valence-corrected chi connectivity index (χ3v) is 4.70. The molecule has 3 nitrogen and oxygen atoms in total. The average molecular weight is 354 g/mol. The molecule has 0 saturated carbocycles. The van der Waals surface area contributed by atoms with Crippen molar-refractivity contribution in [1.29, 1.82) is 0 Å². The molecule has 1 aromatic rings. The van der Waals surface area contributed by atoms with Crippen LogP contribution in [0, 0.1) is 0 Å². The molecule has 2 heterocycles. The number of hydrogen-bond acceptors (Lipinski definition) is 3. The van der Waals surface area contributed by atoms with Gasteiger partial charge in [0.1, 0.15) is 0 Å². The lowest BCUT2D eigenvalue weighted by Crippen LogP contribution is -2.31. The summed E-state index contributed by atoms with van der Waals surface area (Å²) in [5.41, 5.74) is 2.98. The number of aryl methyl sites for hydroxylation is 1. The summed E-state index contributed by atoms with van der Waals surface area (Å²) in [4.78, 5) is 0. The van der Waals surface area contributed by atoms with Crippen molar-refractivity contribution in [2.24, 2.45) is 0 Å². The van der Waals surface area contributed by atoms with Gasteiger partial charge in [-0.3, -0.25) is 10.6 Å². The first-order chi connectivity index (χ1) is 10.3. The fraction of sp³-hybridized carbons (Fsp3) is 0.647. The van der Waals surface area contributed by atoms with E-state index in [2.05, 4.69) is 50.1 Å². The summed E-state index contributed by atoms with van der Waals surface area (Å²) < 4.78 is 1.20. The summed E-state index contributed by atoms with van der Waals surface area (Å²) in [6.07, 6.45) is 5.23. The predicted molar refractivity (Wildman–Crippen MR) is 93.6 cm³/mol. The third-order valence-electron chi connectivity index (χ3n) is 4.21. The third kappa shape index (κ3) is 4.52. The molecule has 1 aromatic carbocycles. The highest BCUT2D eigenvalue weighted by molar-refractivity contribution is 9.10. The van der Waals surface area contributed by atoms with Crippen LogP contribution in [0.5, 0.6) is 0 Å². The maximum atomic E-state index is 3.53. The number of halogens is 1. The molecule has 4 rings (SSSR count). The first kappa shape index (κ1) is 16.9. The summed E-state index contributed by atoms with van der Waals surface area (Å²) in [5, 5.41) is 10.2. The molecule has 118 valence electrons. The molecule has 2 fully saturated rings. The van der Waals surface area contributed by atoms with E-state index in [0.717, 1.165) is 6.67 Å². The molecule has 0 amide bonds. The highest BCUT2D eigenvalue weighted by Crippen LogP contribution is 2.33. The second-order valence-electron chi connectivity index (χ2n) is 5.51. The second-order valence-corrected chi connectivity index (χ2v) is 6.42. The van der Waals surface area contributed by atoms with Gasteiger partial charge in [-0.2, -0.15) is 0 Å². The van der Waals surface area contributed by atoms with Crippen LogP contribution in [0.25, 0.3) is 0 Å². The standard InChI is InChI=1S/C11H13BrN2.C4H9N.C2H6/c12-8-2-3-9-7(5-8)1-4-10-11(9)14-6-13-10;1-2-4-5-3-1;1-2/h2-3,5,10-11,13-14H,1,4,6H2;5H,1-4H2;1-2H3. The van der Waals surface area contributed by atoms with E-state index in [1.807, 2.05) is 13.8 Å². The molecule has 0 bridgehead atoms. The largest absolute Gasteiger partial charge is 0.317 e. The van der Waals surface area contributed by atoms with Crippen LogP contribution >= 0.6 is 15.9 Å². The first-order valence-corrected chi connectivity index (χ1v) is 9.10. The van der Waals surface area contributed by atoms with Gasteiger partial charge in [-0.05, 0) is 62.0 Å². The van der Waals surface area contributed by atoms with Crippen LogP contribution in [0.3, 0.4) is 0 Å². The van der Waals surface area contributed by atoms with Crippen LogP contribution in [0.2, 0.25) is 0 Å². The zero-order valence-corrected chi connectivity index (χ0v) is 14.8. The van der Waals surface area contributed by atoms with Gasteiger partial charge < -0.3 is 5.32 Å². The Labute approximate surface area is 137 Å². The van der Waals surface area contributed by atoms with Crippen molar-refractivity contribution in [3.8, 4) is 0 Å². The molecule has 4 heteroatoms. The number of fused-ring (bicyclic) bond motifs is 3. The second kappa shape index (κ2) is 8.89. The zero-order chi connectivity index (χ0) is 15.1. The minimum absolute atomic E-state index is 0.534. The minimum Gasteiger partial charge on any atom is -0.317 e. The van der Waals surface area contributed by atoms with Gasteiger partial charge in [0.25, 0.3) is 0 Å². The Kier molecular flexibility index (Phi) is 7.17. The summed E-state index contributed by atoms with van der Waals surface area (Å²) in [7, 11) is 0. The Morgan fingerprint density at radius 3 is 2.52 bits per heavy atom. The van der Waals surface area contributed by atoms with Crippen molar-refractivity contribution >= 4 is 15.9 Å². The van der Waals surface area contributed by atoms with E-state index < -0.39 is 0 Å². The van der Waals surface area contributed by atoms with Gasteiger partial charge >= 0.3 is 0 Å². The van der Waals surface area contributed by atoms with Crippen molar-refractivity contribution in [3.05, 3.63) is 33.8 Å². The van der Waals surface area contributed by atoms with Crippen LogP contribution in [0.4, 0.5) is 0 Å². The molecule has 0 spiro atoms. The van der Waals surface area contributed by atoms with Gasteiger partial charge in [0.05, 0.1) is 0 Å². The summed E-state index contributed by atoms with van der Waals surface area (Å²) in [6.45, 7) is 7.45. The van der Waals surface area contributed by atoms with Crippen molar-refractivity contribution in [1.82, 2.24) is 16.0 Å². The Morgan fingerprint density at radius 2 is 1.86 bits per heavy atom. The van der Waals surface area contributed by atoms with Crippen molar-refractivity contribution in [2.75, 3.05) is 19.8 Å². The summed E-state index contributed by atoms with van der Waals surface area (Å²) in [6, 6.07) is 7.82.